The summed E-state index contributed by atoms with van der Waals surface area (Å²) in [7, 11) is -5.40. The molecule has 0 spiro atoms. The first-order valence-corrected chi connectivity index (χ1v) is 9.78. The van der Waals surface area contributed by atoms with Gasteiger partial charge in [0.05, 0.1) is 25.7 Å². The lowest BCUT2D eigenvalue weighted by atomic mass is 10.2. The van der Waals surface area contributed by atoms with Crippen molar-refractivity contribution in [1.82, 2.24) is 0 Å². The molecular weight excluding hydrogens is 370 g/mol. The predicted octanol–water partition coefficient (Wildman–Crippen LogP) is 2.99. The van der Waals surface area contributed by atoms with Crippen molar-refractivity contribution in [3.05, 3.63) is 68.3 Å². The van der Waals surface area contributed by atoms with Crippen LogP contribution in [0.3, 0.4) is 0 Å². The number of sulfonamides is 1. The Hall–Kier alpha value is -2.66. The molecule has 132 valence electrons. The third-order valence-corrected chi connectivity index (χ3v) is 6.73. The van der Waals surface area contributed by atoms with Crippen LogP contribution in [0.4, 0.5) is 11.4 Å². The molecule has 0 aromatic heterocycles. The number of nitro benzene ring substituents is 2. The number of hydrogen-bond donors (Lipinski definition) is 0. The van der Waals surface area contributed by atoms with E-state index in [0.29, 0.717) is 0 Å². The molecule has 0 aliphatic heterocycles. The highest BCUT2D eigenvalue weighted by Gasteiger charge is 2.22. The van der Waals surface area contributed by atoms with Crippen molar-refractivity contribution in [2.45, 2.75) is 16.7 Å². The lowest BCUT2D eigenvalue weighted by molar-refractivity contribution is -0.396. The van der Waals surface area contributed by atoms with Crippen molar-refractivity contribution in [2.75, 3.05) is 6.26 Å². The second kappa shape index (κ2) is 7.07. The molecular formula is C14H13N3O6S2. The van der Waals surface area contributed by atoms with Crippen molar-refractivity contribution in [2.24, 2.45) is 3.77 Å². The first-order chi connectivity index (χ1) is 11.6. The topological polar surface area (TPSA) is 133 Å². The fourth-order valence-corrected chi connectivity index (χ4v) is 4.98. The van der Waals surface area contributed by atoms with E-state index >= 15 is 0 Å². The smallest absolute Gasteiger partial charge is 0.258 e. The molecule has 0 aliphatic rings. The van der Waals surface area contributed by atoms with Crippen LogP contribution in [0.1, 0.15) is 5.56 Å². The van der Waals surface area contributed by atoms with E-state index in [9.17, 15) is 28.6 Å². The standard InChI is InChI=1S/C14H13N3O6S2/c1-10-3-6-12(7-4-10)25(22,23)15-24(2)14-8-5-11(16(18)19)9-13(14)17(20)21/h3-9H,1-2H3. The van der Waals surface area contributed by atoms with Crippen LogP contribution in [0.2, 0.25) is 0 Å². The first kappa shape index (κ1) is 18.7. The molecule has 11 heteroatoms. The highest BCUT2D eigenvalue weighted by atomic mass is 32.3. The Morgan fingerprint density at radius 1 is 1.00 bits per heavy atom. The minimum Gasteiger partial charge on any atom is -0.258 e. The lowest BCUT2D eigenvalue weighted by Gasteiger charge is -2.05. The molecule has 0 radical (unpaired) electrons. The quantitative estimate of drug-likeness (QED) is 0.575. The minimum absolute atomic E-state index is 0.00582. The Morgan fingerprint density at radius 2 is 1.60 bits per heavy atom. The van der Waals surface area contributed by atoms with E-state index < -0.39 is 41.9 Å². The zero-order valence-electron chi connectivity index (χ0n) is 13.1. The van der Waals surface area contributed by atoms with E-state index in [4.69, 9.17) is 0 Å². The van der Waals surface area contributed by atoms with Crippen LogP contribution in [0, 0.1) is 27.2 Å². The molecule has 0 saturated heterocycles. The summed E-state index contributed by atoms with van der Waals surface area (Å²) in [5.74, 6) is 0. The summed E-state index contributed by atoms with van der Waals surface area (Å²) < 4.78 is 28.4. The SMILES string of the molecule is Cc1ccc(S(=O)(=O)N=S(C)c2ccc([N+](=O)[O-])cc2[N+](=O)[O-])cc1. The maximum absolute atomic E-state index is 12.3. The number of nitrogens with zero attached hydrogens (tertiary/aromatic N) is 3. The van der Waals surface area contributed by atoms with Crippen LogP contribution in [0.15, 0.2) is 56.0 Å². The molecule has 1 unspecified atom stereocenters. The van der Waals surface area contributed by atoms with Crippen molar-refractivity contribution >= 4 is 32.1 Å². The maximum Gasteiger partial charge on any atom is 0.290 e. The van der Waals surface area contributed by atoms with E-state index in [-0.39, 0.29) is 9.79 Å². The molecule has 0 fully saturated rings. The molecule has 9 nitrogen and oxygen atoms in total. The van der Waals surface area contributed by atoms with Crippen molar-refractivity contribution < 1.29 is 18.3 Å². The Bertz CT molecular complexity index is 984. The van der Waals surface area contributed by atoms with Gasteiger partial charge in [-0.15, -0.1) is 3.77 Å². The summed E-state index contributed by atoms with van der Waals surface area (Å²) in [5, 5.41) is 21.9. The summed E-state index contributed by atoms with van der Waals surface area (Å²) in [6, 6.07) is 9.07. The molecule has 0 bridgehead atoms. The highest BCUT2D eigenvalue weighted by molar-refractivity contribution is 8.00. The molecule has 0 saturated carbocycles. The number of aryl methyl sites for hydroxylation is 1. The lowest BCUT2D eigenvalue weighted by Crippen LogP contribution is -2.03. The summed E-state index contributed by atoms with van der Waals surface area (Å²) in [4.78, 5) is 20.4. The number of non-ortho nitro benzene ring substituents is 1. The van der Waals surface area contributed by atoms with E-state index in [1.165, 1.54) is 18.4 Å². The first-order valence-electron chi connectivity index (χ1n) is 6.75. The summed E-state index contributed by atoms with van der Waals surface area (Å²) in [6.07, 6.45) is 1.40. The molecule has 2 aromatic carbocycles. The third kappa shape index (κ3) is 4.25. The van der Waals surface area contributed by atoms with E-state index in [1.807, 2.05) is 0 Å². The van der Waals surface area contributed by atoms with Crippen LogP contribution in [0.5, 0.6) is 0 Å². The number of rotatable bonds is 5. The van der Waals surface area contributed by atoms with Crippen molar-refractivity contribution in [3.8, 4) is 0 Å². The molecule has 0 heterocycles. The van der Waals surface area contributed by atoms with Gasteiger partial charge in [0.25, 0.3) is 21.4 Å². The highest BCUT2D eigenvalue weighted by Crippen LogP contribution is 2.28. The summed E-state index contributed by atoms with van der Waals surface area (Å²) in [5.41, 5.74) is -0.114. The fraction of sp³-hybridized carbons (Fsp3) is 0.143. The van der Waals surface area contributed by atoms with Gasteiger partial charge in [0.2, 0.25) is 0 Å². The number of hydrogen-bond acceptors (Lipinski definition) is 6. The second-order valence-electron chi connectivity index (χ2n) is 5.01. The fourth-order valence-electron chi connectivity index (χ4n) is 1.95. The van der Waals surface area contributed by atoms with Gasteiger partial charge in [-0.25, -0.2) is 0 Å². The van der Waals surface area contributed by atoms with Crippen LogP contribution < -0.4 is 0 Å². The second-order valence-corrected chi connectivity index (χ2v) is 8.42. The monoisotopic (exact) mass is 383 g/mol. The van der Waals surface area contributed by atoms with E-state index in [0.717, 1.165) is 23.8 Å². The minimum atomic E-state index is -4.01. The molecule has 2 aromatic rings. The van der Waals surface area contributed by atoms with Crippen LogP contribution in [-0.2, 0) is 20.7 Å². The zero-order valence-corrected chi connectivity index (χ0v) is 14.8. The van der Waals surface area contributed by atoms with Gasteiger partial charge in [0.1, 0.15) is 0 Å². The van der Waals surface area contributed by atoms with Gasteiger partial charge >= 0.3 is 0 Å². The largest absolute Gasteiger partial charge is 0.290 e. The molecule has 0 N–H and O–H groups in total. The zero-order chi connectivity index (χ0) is 18.8. The Labute approximate surface area is 145 Å². The third-order valence-electron chi connectivity index (χ3n) is 3.20. The molecule has 2 rings (SSSR count). The van der Waals surface area contributed by atoms with Gasteiger partial charge in [-0.2, -0.15) is 8.42 Å². The van der Waals surface area contributed by atoms with Crippen molar-refractivity contribution in [1.29, 1.82) is 0 Å². The van der Waals surface area contributed by atoms with Crippen LogP contribution in [-0.4, -0.2) is 24.5 Å². The summed E-state index contributed by atoms with van der Waals surface area (Å²) >= 11 is 0. The van der Waals surface area contributed by atoms with E-state index in [2.05, 4.69) is 3.77 Å². The molecule has 0 amide bonds. The molecule has 0 aliphatic carbocycles. The molecule has 25 heavy (non-hydrogen) atoms. The predicted molar refractivity (Wildman–Crippen MR) is 92.1 cm³/mol. The van der Waals surface area contributed by atoms with Crippen molar-refractivity contribution in [3.63, 3.8) is 0 Å². The van der Waals surface area contributed by atoms with Gasteiger partial charge in [0.15, 0.2) is 0 Å². The average molecular weight is 383 g/mol. The Morgan fingerprint density at radius 3 is 2.12 bits per heavy atom. The molecule has 1 atom stereocenters. The Kier molecular flexibility index (Phi) is 5.28. The van der Waals surface area contributed by atoms with Crippen LogP contribution >= 0.6 is 0 Å². The number of nitro groups is 2. The van der Waals surface area contributed by atoms with Gasteiger partial charge in [-0.1, -0.05) is 17.7 Å². The van der Waals surface area contributed by atoms with Gasteiger partial charge in [-0.05, 0) is 42.1 Å². The maximum atomic E-state index is 12.3. The average Bonchev–Trinajstić information content (AvgIpc) is 2.54. The normalized spacial score (nSPS) is 12.7. The van der Waals surface area contributed by atoms with Gasteiger partial charge < -0.3 is 0 Å². The Balaban J connectivity index is 2.54. The van der Waals surface area contributed by atoms with Gasteiger partial charge in [0, 0.05) is 6.07 Å². The number of benzene rings is 2. The summed E-state index contributed by atoms with van der Waals surface area (Å²) in [6.45, 7) is 1.80. The van der Waals surface area contributed by atoms with E-state index in [1.54, 1.807) is 19.1 Å². The van der Waals surface area contributed by atoms with Crippen LogP contribution in [0.25, 0.3) is 0 Å². The van der Waals surface area contributed by atoms with Gasteiger partial charge in [-0.3, -0.25) is 20.2 Å².